The Bertz CT molecular complexity index is 738. The first-order valence-electron chi connectivity index (χ1n) is 6.00. The normalized spacial score (nSPS) is 9.76. The summed E-state index contributed by atoms with van der Waals surface area (Å²) in [5, 5.41) is 11.8. The highest BCUT2D eigenvalue weighted by molar-refractivity contribution is 9.10. The molecule has 0 saturated heterocycles. The van der Waals surface area contributed by atoms with Gasteiger partial charge in [0.25, 0.3) is 5.91 Å². The summed E-state index contributed by atoms with van der Waals surface area (Å²) in [6.45, 7) is 0. The number of anilines is 2. The molecule has 0 radical (unpaired) electrons. The van der Waals surface area contributed by atoms with E-state index in [0.717, 1.165) is 4.47 Å². The number of nitrogens with zero attached hydrogens (tertiary/aromatic N) is 1. The molecule has 2 aromatic rings. The minimum Gasteiger partial charge on any atom is -0.495 e. The van der Waals surface area contributed by atoms with Crippen molar-refractivity contribution in [3.05, 3.63) is 52.0 Å². The van der Waals surface area contributed by atoms with Crippen LogP contribution in [0.5, 0.6) is 5.75 Å². The second-order valence-corrected chi connectivity index (χ2v) is 5.09. The van der Waals surface area contributed by atoms with E-state index >= 15 is 0 Å². The molecule has 21 heavy (non-hydrogen) atoms. The molecule has 0 aliphatic rings. The molecule has 0 bridgehead atoms. The molecule has 0 fully saturated rings. The first-order valence-corrected chi connectivity index (χ1v) is 6.79. The first-order chi connectivity index (χ1) is 10.1. The number of para-hydroxylation sites is 1. The fourth-order valence-electron chi connectivity index (χ4n) is 1.83. The van der Waals surface area contributed by atoms with E-state index < -0.39 is 5.91 Å². The second kappa shape index (κ2) is 6.29. The molecular formula is C15H12BrN3O2. The summed E-state index contributed by atoms with van der Waals surface area (Å²) in [5.74, 6) is 0.0317. The summed E-state index contributed by atoms with van der Waals surface area (Å²) in [6, 6.07) is 12.0. The lowest BCUT2D eigenvalue weighted by atomic mass is 10.1. The molecule has 6 heteroatoms. The lowest BCUT2D eigenvalue weighted by Gasteiger charge is -2.11. The lowest BCUT2D eigenvalue weighted by molar-refractivity contribution is 0.102. The van der Waals surface area contributed by atoms with E-state index in [4.69, 9.17) is 15.7 Å². The van der Waals surface area contributed by atoms with Gasteiger partial charge in [-0.15, -0.1) is 0 Å². The highest BCUT2D eigenvalue weighted by Gasteiger charge is 2.14. The van der Waals surface area contributed by atoms with Crippen molar-refractivity contribution in [1.29, 1.82) is 5.26 Å². The molecule has 0 unspecified atom stereocenters. The number of nitrogens with one attached hydrogen (secondary N) is 1. The van der Waals surface area contributed by atoms with Gasteiger partial charge in [0.15, 0.2) is 0 Å². The van der Waals surface area contributed by atoms with Gasteiger partial charge >= 0.3 is 0 Å². The van der Waals surface area contributed by atoms with Gasteiger partial charge in [0.05, 0.1) is 29.6 Å². The van der Waals surface area contributed by atoms with E-state index in [1.54, 1.807) is 36.4 Å². The Morgan fingerprint density at radius 1 is 1.38 bits per heavy atom. The molecule has 0 saturated carbocycles. The highest BCUT2D eigenvalue weighted by Crippen LogP contribution is 2.26. The van der Waals surface area contributed by atoms with Gasteiger partial charge in [-0.3, -0.25) is 4.79 Å². The van der Waals surface area contributed by atoms with Crippen LogP contribution in [0.1, 0.15) is 15.9 Å². The van der Waals surface area contributed by atoms with Gasteiger partial charge in [0.2, 0.25) is 0 Å². The zero-order valence-corrected chi connectivity index (χ0v) is 12.8. The Hall–Kier alpha value is -2.52. The topological polar surface area (TPSA) is 88.1 Å². The quantitative estimate of drug-likeness (QED) is 0.836. The number of amides is 1. The van der Waals surface area contributed by atoms with Crippen LogP contribution in [0.3, 0.4) is 0 Å². The fourth-order valence-corrected chi connectivity index (χ4v) is 2.19. The van der Waals surface area contributed by atoms with Gasteiger partial charge in [-0.25, -0.2) is 0 Å². The third-order valence-corrected chi connectivity index (χ3v) is 3.37. The van der Waals surface area contributed by atoms with Crippen molar-refractivity contribution < 1.29 is 9.53 Å². The molecule has 1 amide bonds. The number of hydrogen-bond acceptors (Lipinski definition) is 4. The summed E-state index contributed by atoms with van der Waals surface area (Å²) in [6.07, 6.45) is 0. The van der Waals surface area contributed by atoms with Gasteiger partial charge in [-0.05, 0) is 30.3 Å². The largest absolute Gasteiger partial charge is 0.495 e. The average Bonchev–Trinajstić information content (AvgIpc) is 2.49. The molecule has 0 aliphatic heterocycles. The van der Waals surface area contributed by atoms with Gasteiger partial charge < -0.3 is 15.8 Å². The van der Waals surface area contributed by atoms with Crippen molar-refractivity contribution in [2.24, 2.45) is 0 Å². The minimum absolute atomic E-state index is 0.258. The number of nitriles is 1. The minimum atomic E-state index is -0.398. The van der Waals surface area contributed by atoms with Crippen molar-refractivity contribution in [2.45, 2.75) is 0 Å². The van der Waals surface area contributed by atoms with E-state index in [2.05, 4.69) is 21.2 Å². The number of methoxy groups -OCH3 is 1. The number of benzene rings is 2. The molecule has 5 nitrogen and oxygen atoms in total. The Kier molecular flexibility index (Phi) is 4.45. The summed E-state index contributed by atoms with van der Waals surface area (Å²) < 4.78 is 5.85. The molecule has 0 heterocycles. The number of carbonyl (C=O) groups excluding carboxylic acids is 1. The third-order valence-electron chi connectivity index (χ3n) is 2.88. The SMILES string of the molecule is COc1cccc(C(=O)Nc2ccc(Br)cc2C#N)c1N. The summed E-state index contributed by atoms with van der Waals surface area (Å²) in [5.41, 5.74) is 7.22. The number of rotatable bonds is 3. The van der Waals surface area contributed by atoms with Crippen molar-refractivity contribution >= 4 is 33.2 Å². The molecule has 0 aromatic heterocycles. The predicted molar refractivity (Wildman–Crippen MR) is 84.2 cm³/mol. The molecule has 0 aliphatic carbocycles. The second-order valence-electron chi connectivity index (χ2n) is 4.18. The monoisotopic (exact) mass is 345 g/mol. The Morgan fingerprint density at radius 3 is 2.81 bits per heavy atom. The van der Waals surface area contributed by atoms with Crippen molar-refractivity contribution in [3.63, 3.8) is 0 Å². The van der Waals surface area contributed by atoms with Crippen LogP contribution in [0.15, 0.2) is 40.9 Å². The van der Waals surface area contributed by atoms with Crippen LogP contribution >= 0.6 is 15.9 Å². The molecule has 0 spiro atoms. The van der Waals surface area contributed by atoms with Crippen molar-refractivity contribution in [1.82, 2.24) is 0 Å². The molecule has 106 valence electrons. The van der Waals surface area contributed by atoms with Crippen LogP contribution in [0.25, 0.3) is 0 Å². The number of ether oxygens (including phenoxy) is 1. The van der Waals surface area contributed by atoms with E-state index in [1.807, 2.05) is 6.07 Å². The van der Waals surface area contributed by atoms with Crippen molar-refractivity contribution in [2.75, 3.05) is 18.2 Å². The Morgan fingerprint density at radius 2 is 2.14 bits per heavy atom. The van der Waals surface area contributed by atoms with Crippen LogP contribution in [0.4, 0.5) is 11.4 Å². The standard InChI is InChI=1S/C15H12BrN3O2/c1-21-13-4-2-3-11(14(13)18)15(20)19-12-6-5-10(16)7-9(12)8-17/h2-7H,18H2,1H3,(H,19,20). The van der Waals surface area contributed by atoms with Gasteiger partial charge in [-0.1, -0.05) is 22.0 Å². The van der Waals surface area contributed by atoms with Crippen molar-refractivity contribution in [3.8, 4) is 11.8 Å². The van der Waals surface area contributed by atoms with E-state index in [0.29, 0.717) is 22.6 Å². The predicted octanol–water partition coefficient (Wildman–Crippen LogP) is 3.16. The van der Waals surface area contributed by atoms with Gasteiger partial charge in [0, 0.05) is 4.47 Å². The zero-order chi connectivity index (χ0) is 15.4. The zero-order valence-electron chi connectivity index (χ0n) is 11.2. The maximum absolute atomic E-state index is 12.3. The number of hydrogen-bond donors (Lipinski definition) is 2. The molecule has 2 aromatic carbocycles. The van der Waals surface area contributed by atoms with Gasteiger partial charge in [-0.2, -0.15) is 5.26 Å². The molecule has 0 atom stereocenters. The summed E-state index contributed by atoms with van der Waals surface area (Å²) in [7, 11) is 1.48. The molecule has 2 rings (SSSR count). The maximum Gasteiger partial charge on any atom is 0.257 e. The third kappa shape index (κ3) is 3.15. The summed E-state index contributed by atoms with van der Waals surface area (Å²) in [4.78, 5) is 12.3. The van der Waals surface area contributed by atoms with E-state index in [-0.39, 0.29) is 5.69 Å². The van der Waals surface area contributed by atoms with Crippen LogP contribution in [0, 0.1) is 11.3 Å². The number of carbonyl (C=O) groups is 1. The Balaban J connectivity index is 2.33. The lowest BCUT2D eigenvalue weighted by Crippen LogP contribution is -2.15. The van der Waals surface area contributed by atoms with Crippen LogP contribution in [-0.2, 0) is 0 Å². The number of nitrogens with two attached hydrogens (primary N) is 1. The smallest absolute Gasteiger partial charge is 0.257 e. The number of nitrogen functional groups attached to an aromatic ring is 1. The molecule has 3 N–H and O–H groups in total. The van der Waals surface area contributed by atoms with E-state index in [9.17, 15) is 4.79 Å². The van der Waals surface area contributed by atoms with Crippen LogP contribution in [0.2, 0.25) is 0 Å². The van der Waals surface area contributed by atoms with E-state index in [1.165, 1.54) is 7.11 Å². The fraction of sp³-hybridized carbons (Fsp3) is 0.0667. The Labute approximate surface area is 130 Å². The van der Waals surface area contributed by atoms with Crippen LogP contribution in [-0.4, -0.2) is 13.0 Å². The summed E-state index contributed by atoms with van der Waals surface area (Å²) >= 11 is 3.28. The molecular weight excluding hydrogens is 334 g/mol. The van der Waals surface area contributed by atoms with Crippen LogP contribution < -0.4 is 15.8 Å². The number of halogens is 1. The average molecular weight is 346 g/mol. The highest BCUT2D eigenvalue weighted by atomic mass is 79.9. The maximum atomic E-state index is 12.3. The first kappa shape index (κ1) is 14.9. The van der Waals surface area contributed by atoms with Gasteiger partial charge in [0.1, 0.15) is 11.8 Å².